The van der Waals surface area contributed by atoms with Gasteiger partial charge in [-0.2, -0.15) is 0 Å². The first-order chi connectivity index (χ1) is 9.88. The standard InChI is InChI=1S/C13H19N3O4S/c1-8(2)6-10(17)16-13-15-9(7-21-13)12(20)14-5-3-4-11(18)19/h7-8H,3-6H2,1-2H3,(H,14,20)(H,18,19)(H,15,16,17). The third-order valence-corrected chi connectivity index (χ3v) is 3.19. The molecular weight excluding hydrogens is 294 g/mol. The molecule has 116 valence electrons. The summed E-state index contributed by atoms with van der Waals surface area (Å²) in [5.74, 6) is -1.15. The summed E-state index contributed by atoms with van der Waals surface area (Å²) in [6.07, 6.45) is 0.771. The third kappa shape index (κ3) is 6.84. The number of nitrogens with zero attached hydrogens (tertiary/aromatic N) is 1. The maximum atomic E-state index is 11.7. The minimum atomic E-state index is -0.895. The van der Waals surface area contributed by atoms with Gasteiger partial charge in [0.25, 0.3) is 5.91 Å². The van der Waals surface area contributed by atoms with E-state index < -0.39 is 5.97 Å². The molecule has 0 unspecified atom stereocenters. The van der Waals surface area contributed by atoms with Crippen molar-refractivity contribution >= 4 is 34.3 Å². The highest BCUT2D eigenvalue weighted by molar-refractivity contribution is 7.14. The first-order valence-corrected chi connectivity index (χ1v) is 7.51. The molecule has 0 radical (unpaired) electrons. The molecule has 7 nitrogen and oxygen atoms in total. The van der Waals surface area contributed by atoms with Crippen LogP contribution in [0.15, 0.2) is 5.38 Å². The highest BCUT2D eigenvalue weighted by Gasteiger charge is 2.12. The van der Waals surface area contributed by atoms with Crippen LogP contribution in [0.2, 0.25) is 0 Å². The summed E-state index contributed by atoms with van der Waals surface area (Å²) in [6, 6.07) is 0. The molecule has 8 heteroatoms. The van der Waals surface area contributed by atoms with Crippen LogP contribution >= 0.6 is 11.3 Å². The fourth-order valence-corrected chi connectivity index (χ4v) is 2.22. The fraction of sp³-hybridized carbons (Fsp3) is 0.538. The second-order valence-corrected chi connectivity index (χ2v) is 5.80. The molecule has 3 N–H and O–H groups in total. The zero-order valence-corrected chi connectivity index (χ0v) is 12.8. The van der Waals surface area contributed by atoms with Gasteiger partial charge in [0.1, 0.15) is 5.69 Å². The van der Waals surface area contributed by atoms with Gasteiger partial charge in [0, 0.05) is 24.8 Å². The Kier molecular flexibility index (Phi) is 6.80. The van der Waals surface area contributed by atoms with Crippen molar-refractivity contribution < 1.29 is 19.5 Å². The minimum absolute atomic E-state index is 0.00779. The number of amides is 2. The van der Waals surface area contributed by atoms with Gasteiger partial charge in [-0.15, -0.1) is 11.3 Å². The number of nitrogens with one attached hydrogen (secondary N) is 2. The molecule has 0 aromatic carbocycles. The van der Waals surface area contributed by atoms with Crippen LogP contribution in [0.4, 0.5) is 5.13 Å². The van der Waals surface area contributed by atoms with Crippen LogP contribution in [-0.2, 0) is 9.59 Å². The van der Waals surface area contributed by atoms with E-state index in [1.807, 2.05) is 13.8 Å². The van der Waals surface area contributed by atoms with Crippen molar-refractivity contribution in [3.8, 4) is 0 Å². The summed E-state index contributed by atoms with van der Waals surface area (Å²) >= 11 is 1.18. The largest absolute Gasteiger partial charge is 0.481 e. The molecule has 0 fully saturated rings. The van der Waals surface area contributed by atoms with E-state index in [0.29, 0.717) is 18.0 Å². The lowest BCUT2D eigenvalue weighted by atomic mass is 10.1. The molecule has 1 rings (SSSR count). The second-order valence-electron chi connectivity index (χ2n) is 4.94. The van der Waals surface area contributed by atoms with E-state index in [-0.39, 0.29) is 36.4 Å². The molecule has 0 atom stereocenters. The van der Waals surface area contributed by atoms with Gasteiger partial charge in [0.05, 0.1) is 0 Å². The Hall–Kier alpha value is -1.96. The highest BCUT2D eigenvalue weighted by Crippen LogP contribution is 2.16. The number of carboxylic acids is 1. The number of anilines is 1. The van der Waals surface area contributed by atoms with Crippen LogP contribution < -0.4 is 10.6 Å². The first-order valence-electron chi connectivity index (χ1n) is 6.64. The van der Waals surface area contributed by atoms with E-state index in [0.717, 1.165) is 0 Å². The topological polar surface area (TPSA) is 108 Å². The van der Waals surface area contributed by atoms with Crippen LogP contribution in [0.3, 0.4) is 0 Å². The number of aromatic nitrogens is 1. The van der Waals surface area contributed by atoms with Crippen molar-refractivity contribution in [1.82, 2.24) is 10.3 Å². The van der Waals surface area contributed by atoms with E-state index in [1.165, 1.54) is 11.3 Å². The van der Waals surface area contributed by atoms with Gasteiger partial charge in [0.2, 0.25) is 5.91 Å². The number of aliphatic carboxylic acids is 1. The zero-order chi connectivity index (χ0) is 15.8. The smallest absolute Gasteiger partial charge is 0.303 e. The molecule has 0 aliphatic heterocycles. The van der Waals surface area contributed by atoms with Crippen molar-refractivity contribution in [3.63, 3.8) is 0 Å². The molecule has 2 amide bonds. The molecule has 21 heavy (non-hydrogen) atoms. The SMILES string of the molecule is CC(C)CC(=O)Nc1nc(C(=O)NCCCC(=O)O)cs1. The highest BCUT2D eigenvalue weighted by atomic mass is 32.1. The Morgan fingerprint density at radius 1 is 1.38 bits per heavy atom. The molecule has 1 aromatic heterocycles. The predicted octanol–water partition coefficient (Wildman–Crippen LogP) is 1.72. The molecule has 0 bridgehead atoms. The van der Waals surface area contributed by atoms with Crippen LogP contribution in [0.1, 0.15) is 43.6 Å². The second kappa shape index (κ2) is 8.35. The number of carbonyl (C=O) groups excluding carboxylic acids is 2. The summed E-state index contributed by atoms with van der Waals surface area (Å²) in [6.45, 7) is 4.16. The van der Waals surface area contributed by atoms with Crippen molar-refractivity contribution in [1.29, 1.82) is 0 Å². The molecule has 0 aliphatic rings. The maximum Gasteiger partial charge on any atom is 0.303 e. The van der Waals surface area contributed by atoms with Gasteiger partial charge in [-0.05, 0) is 12.3 Å². The third-order valence-electron chi connectivity index (χ3n) is 2.43. The number of hydrogen-bond acceptors (Lipinski definition) is 5. The monoisotopic (exact) mass is 313 g/mol. The van der Waals surface area contributed by atoms with Gasteiger partial charge in [-0.3, -0.25) is 14.4 Å². The average molecular weight is 313 g/mol. The van der Waals surface area contributed by atoms with E-state index in [2.05, 4.69) is 15.6 Å². The predicted molar refractivity (Wildman–Crippen MR) is 79.4 cm³/mol. The van der Waals surface area contributed by atoms with Crippen LogP contribution in [0, 0.1) is 5.92 Å². The maximum absolute atomic E-state index is 11.7. The Bertz CT molecular complexity index is 513. The number of rotatable bonds is 8. The fourth-order valence-electron chi connectivity index (χ4n) is 1.51. The Labute approximate surface area is 126 Å². The van der Waals surface area contributed by atoms with E-state index >= 15 is 0 Å². The number of carbonyl (C=O) groups is 3. The summed E-state index contributed by atoms with van der Waals surface area (Å²) in [7, 11) is 0. The van der Waals surface area contributed by atoms with E-state index in [1.54, 1.807) is 5.38 Å². The normalized spacial score (nSPS) is 10.4. The lowest BCUT2D eigenvalue weighted by Crippen LogP contribution is -2.25. The number of carboxylic acid groups (broad SMARTS) is 1. The lowest BCUT2D eigenvalue weighted by molar-refractivity contribution is -0.137. The Balaban J connectivity index is 2.41. The van der Waals surface area contributed by atoms with Crippen molar-refractivity contribution in [3.05, 3.63) is 11.1 Å². The molecule has 1 aromatic rings. The molecule has 1 heterocycles. The van der Waals surface area contributed by atoms with Crippen molar-refractivity contribution in [2.75, 3.05) is 11.9 Å². The zero-order valence-electron chi connectivity index (χ0n) is 12.0. The van der Waals surface area contributed by atoms with Gasteiger partial charge < -0.3 is 15.7 Å². The molecule has 0 aliphatic carbocycles. The van der Waals surface area contributed by atoms with Gasteiger partial charge >= 0.3 is 5.97 Å². The lowest BCUT2D eigenvalue weighted by Gasteiger charge is -2.03. The molecule has 0 saturated heterocycles. The minimum Gasteiger partial charge on any atom is -0.481 e. The van der Waals surface area contributed by atoms with Gasteiger partial charge in [0.15, 0.2) is 5.13 Å². The molecule has 0 spiro atoms. The number of thiazole rings is 1. The van der Waals surface area contributed by atoms with Crippen LogP contribution in [-0.4, -0.2) is 34.4 Å². The van der Waals surface area contributed by atoms with Crippen LogP contribution in [0.25, 0.3) is 0 Å². The first kappa shape index (κ1) is 17.1. The quantitative estimate of drug-likeness (QED) is 0.633. The molecular formula is C13H19N3O4S. The van der Waals surface area contributed by atoms with Crippen LogP contribution in [0.5, 0.6) is 0 Å². The summed E-state index contributed by atoms with van der Waals surface area (Å²) in [4.78, 5) is 37.7. The summed E-state index contributed by atoms with van der Waals surface area (Å²) < 4.78 is 0. The summed E-state index contributed by atoms with van der Waals surface area (Å²) in [5, 5.41) is 15.6. The van der Waals surface area contributed by atoms with Gasteiger partial charge in [-0.1, -0.05) is 13.8 Å². The van der Waals surface area contributed by atoms with Gasteiger partial charge in [-0.25, -0.2) is 4.98 Å². The number of hydrogen-bond donors (Lipinski definition) is 3. The van der Waals surface area contributed by atoms with Crippen molar-refractivity contribution in [2.24, 2.45) is 5.92 Å². The van der Waals surface area contributed by atoms with Crippen molar-refractivity contribution in [2.45, 2.75) is 33.1 Å². The average Bonchev–Trinajstić information content (AvgIpc) is 2.81. The van der Waals surface area contributed by atoms with E-state index in [4.69, 9.17) is 5.11 Å². The Morgan fingerprint density at radius 2 is 2.10 bits per heavy atom. The van der Waals surface area contributed by atoms with E-state index in [9.17, 15) is 14.4 Å². The molecule has 0 saturated carbocycles. The Morgan fingerprint density at radius 3 is 2.71 bits per heavy atom. The summed E-state index contributed by atoms with van der Waals surface area (Å²) in [5.41, 5.74) is 0.218.